The fraction of sp³-hybridized carbons (Fsp3) is 0.429. The van der Waals surface area contributed by atoms with Crippen LogP contribution in [-0.2, 0) is 15.4 Å². The predicted molar refractivity (Wildman–Crippen MR) is 105 cm³/mol. The summed E-state index contributed by atoms with van der Waals surface area (Å²) >= 11 is 0. The summed E-state index contributed by atoms with van der Waals surface area (Å²) in [5, 5.41) is 3.60. The van der Waals surface area contributed by atoms with Gasteiger partial charge in [0, 0.05) is 30.7 Å². The van der Waals surface area contributed by atoms with E-state index in [4.69, 9.17) is 0 Å². The molecule has 1 N–H and O–H groups in total. The Hall–Kier alpha value is -1.85. The van der Waals surface area contributed by atoms with Crippen LogP contribution in [0.25, 0.3) is 0 Å². The zero-order valence-electron chi connectivity index (χ0n) is 15.8. The molecule has 138 valence electrons. The van der Waals surface area contributed by atoms with E-state index in [1.165, 1.54) is 11.1 Å². The maximum atomic E-state index is 13.1. The molecular weight excluding hydrogens is 344 g/mol. The van der Waals surface area contributed by atoms with Crippen molar-refractivity contribution in [1.82, 2.24) is 4.31 Å². The van der Waals surface area contributed by atoms with E-state index < -0.39 is 10.0 Å². The molecule has 5 heteroatoms. The van der Waals surface area contributed by atoms with Gasteiger partial charge in [-0.1, -0.05) is 49.2 Å². The van der Waals surface area contributed by atoms with Gasteiger partial charge in [-0.3, -0.25) is 0 Å². The first-order valence-corrected chi connectivity index (χ1v) is 10.6. The molecule has 0 aliphatic carbocycles. The molecule has 1 saturated heterocycles. The van der Waals surface area contributed by atoms with Crippen molar-refractivity contribution < 1.29 is 8.42 Å². The summed E-state index contributed by atoms with van der Waals surface area (Å²) in [5.74, 6) is 0.247. The van der Waals surface area contributed by atoms with E-state index >= 15 is 0 Å². The van der Waals surface area contributed by atoms with Gasteiger partial charge in [0.25, 0.3) is 0 Å². The van der Waals surface area contributed by atoms with Crippen LogP contribution >= 0.6 is 0 Å². The Labute approximate surface area is 156 Å². The first-order chi connectivity index (χ1) is 12.2. The van der Waals surface area contributed by atoms with E-state index in [1.807, 2.05) is 19.1 Å². The molecule has 2 aromatic carbocycles. The summed E-state index contributed by atoms with van der Waals surface area (Å²) < 4.78 is 27.9. The average molecular weight is 371 g/mol. The highest BCUT2D eigenvalue weighted by atomic mass is 32.2. The lowest BCUT2D eigenvalue weighted by atomic mass is 9.68. The van der Waals surface area contributed by atoms with Crippen LogP contribution in [0.1, 0.15) is 30.5 Å². The summed E-state index contributed by atoms with van der Waals surface area (Å²) in [5.41, 5.74) is 4.64. The third-order valence-corrected chi connectivity index (χ3v) is 7.93. The van der Waals surface area contributed by atoms with E-state index in [2.05, 4.69) is 44.3 Å². The maximum Gasteiger partial charge on any atom is 0.243 e. The molecule has 0 radical (unpaired) electrons. The zero-order valence-corrected chi connectivity index (χ0v) is 16.6. The van der Waals surface area contributed by atoms with Crippen molar-refractivity contribution >= 4 is 15.7 Å². The van der Waals surface area contributed by atoms with Gasteiger partial charge in [-0.05, 0) is 43.0 Å². The van der Waals surface area contributed by atoms with Crippen molar-refractivity contribution in [2.75, 3.05) is 18.4 Å². The van der Waals surface area contributed by atoms with Gasteiger partial charge in [-0.2, -0.15) is 4.31 Å². The third-order valence-electron chi connectivity index (χ3n) is 6.08. The van der Waals surface area contributed by atoms with E-state index in [1.54, 1.807) is 16.4 Å². The summed E-state index contributed by atoms with van der Waals surface area (Å²) in [4.78, 5) is 0.382. The molecule has 4 rings (SSSR count). The van der Waals surface area contributed by atoms with Crippen molar-refractivity contribution in [3.63, 3.8) is 0 Å². The third kappa shape index (κ3) is 2.65. The van der Waals surface area contributed by atoms with Crippen LogP contribution < -0.4 is 5.32 Å². The number of aryl methyl sites for hydroxylation is 2. The Morgan fingerprint density at radius 3 is 2.35 bits per heavy atom. The van der Waals surface area contributed by atoms with Crippen molar-refractivity contribution in [2.45, 2.75) is 44.0 Å². The number of anilines is 1. The number of benzene rings is 2. The quantitative estimate of drug-likeness (QED) is 0.877. The standard InChI is InChI=1S/C21H26N2O2S/c1-14-5-8-16(9-6-14)26(24,25)23-12-18-20(13-23)22-19-10-7-15(2)11-17(19)21(18,3)4/h5-11,18,20,22H,12-13H2,1-4H3/t18-,20-/m0/s1. The molecule has 2 aliphatic rings. The number of rotatable bonds is 2. The smallest absolute Gasteiger partial charge is 0.243 e. The lowest BCUT2D eigenvalue weighted by Crippen LogP contribution is -2.45. The van der Waals surface area contributed by atoms with Crippen molar-refractivity contribution in [3.8, 4) is 0 Å². The van der Waals surface area contributed by atoms with Crippen LogP contribution in [0.4, 0.5) is 5.69 Å². The fourth-order valence-corrected chi connectivity index (χ4v) is 5.91. The Morgan fingerprint density at radius 1 is 1.00 bits per heavy atom. The lowest BCUT2D eigenvalue weighted by Gasteiger charge is -2.42. The Morgan fingerprint density at radius 2 is 1.65 bits per heavy atom. The molecule has 0 saturated carbocycles. The van der Waals surface area contributed by atoms with Crippen LogP contribution in [-0.4, -0.2) is 31.9 Å². The molecule has 0 unspecified atom stereocenters. The Bertz CT molecular complexity index is 948. The minimum atomic E-state index is -3.47. The van der Waals surface area contributed by atoms with Gasteiger partial charge in [0.2, 0.25) is 10.0 Å². The van der Waals surface area contributed by atoms with E-state index in [0.717, 1.165) is 11.3 Å². The van der Waals surface area contributed by atoms with E-state index in [9.17, 15) is 8.42 Å². The van der Waals surface area contributed by atoms with Gasteiger partial charge < -0.3 is 5.32 Å². The number of hydrogen-bond acceptors (Lipinski definition) is 3. The number of fused-ring (bicyclic) bond motifs is 2. The minimum absolute atomic E-state index is 0.0746. The van der Waals surface area contributed by atoms with Crippen LogP contribution in [0, 0.1) is 19.8 Å². The van der Waals surface area contributed by atoms with Gasteiger partial charge in [0.05, 0.1) is 4.90 Å². The van der Waals surface area contributed by atoms with E-state index in [0.29, 0.717) is 18.0 Å². The number of nitrogens with zero attached hydrogens (tertiary/aromatic N) is 1. The normalized spacial score (nSPS) is 24.6. The Balaban J connectivity index is 1.68. The Kier molecular flexibility index (Phi) is 3.93. The first kappa shape index (κ1) is 17.6. The molecule has 0 spiro atoms. The van der Waals surface area contributed by atoms with Gasteiger partial charge in [-0.25, -0.2) is 8.42 Å². The van der Waals surface area contributed by atoms with Gasteiger partial charge in [-0.15, -0.1) is 0 Å². The second-order valence-electron chi connectivity index (χ2n) is 8.26. The zero-order chi connectivity index (χ0) is 18.7. The summed E-state index contributed by atoms with van der Waals surface area (Å²) in [6, 6.07) is 13.7. The van der Waals surface area contributed by atoms with Crippen LogP contribution in [0.3, 0.4) is 0 Å². The van der Waals surface area contributed by atoms with Gasteiger partial charge in [0.15, 0.2) is 0 Å². The minimum Gasteiger partial charge on any atom is -0.380 e. The molecule has 2 aromatic rings. The second-order valence-corrected chi connectivity index (χ2v) is 10.2. The molecule has 2 aliphatic heterocycles. The molecule has 1 fully saturated rings. The largest absolute Gasteiger partial charge is 0.380 e. The highest BCUT2D eigenvalue weighted by Crippen LogP contribution is 2.46. The number of hydrogen-bond donors (Lipinski definition) is 1. The molecule has 26 heavy (non-hydrogen) atoms. The molecular formula is C21H26N2O2S. The topological polar surface area (TPSA) is 49.4 Å². The molecule has 2 heterocycles. The van der Waals surface area contributed by atoms with Crippen molar-refractivity contribution in [2.24, 2.45) is 5.92 Å². The summed E-state index contributed by atoms with van der Waals surface area (Å²) in [7, 11) is -3.47. The van der Waals surface area contributed by atoms with Crippen molar-refractivity contribution in [3.05, 3.63) is 59.2 Å². The summed E-state index contributed by atoms with van der Waals surface area (Å²) in [6.45, 7) is 9.61. The van der Waals surface area contributed by atoms with Crippen LogP contribution in [0.15, 0.2) is 47.4 Å². The molecule has 0 aromatic heterocycles. The van der Waals surface area contributed by atoms with Gasteiger partial charge in [0.1, 0.15) is 0 Å². The first-order valence-electron chi connectivity index (χ1n) is 9.14. The highest BCUT2D eigenvalue weighted by molar-refractivity contribution is 7.89. The van der Waals surface area contributed by atoms with Gasteiger partial charge >= 0.3 is 0 Å². The molecule has 4 nitrogen and oxygen atoms in total. The molecule has 0 bridgehead atoms. The number of nitrogens with one attached hydrogen (secondary N) is 1. The monoisotopic (exact) mass is 370 g/mol. The lowest BCUT2D eigenvalue weighted by molar-refractivity contribution is 0.304. The second kappa shape index (κ2) is 5.83. The summed E-state index contributed by atoms with van der Waals surface area (Å²) in [6.07, 6.45) is 0. The maximum absolute atomic E-state index is 13.1. The SMILES string of the molecule is Cc1ccc(S(=O)(=O)N2C[C@@H]3Nc4ccc(C)cc4C(C)(C)[C@H]3C2)cc1. The van der Waals surface area contributed by atoms with Crippen LogP contribution in [0.2, 0.25) is 0 Å². The highest BCUT2D eigenvalue weighted by Gasteiger charge is 2.49. The van der Waals surface area contributed by atoms with Crippen LogP contribution in [0.5, 0.6) is 0 Å². The fourth-order valence-electron chi connectivity index (χ4n) is 4.42. The molecule has 0 amide bonds. The molecule has 2 atom stereocenters. The predicted octanol–water partition coefficient (Wildman–Crippen LogP) is 3.70. The number of sulfonamides is 1. The van der Waals surface area contributed by atoms with E-state index in [-0.39, 0.29) is 17.4 Å². The average Bonchev–Trinajstić information content (AvgIpc) is 3.02. The van der Waals surface area contributed by atoms with Crippen molar-refractivity contribution in [1.29, 1.82) is 0 Å².